The van der Waals surface area contributed by atoms with Gasteiger partial charge in [0.25, 0.3) is 5.91 Å². The van der Waals surface area contributed by atoms with Crippen LogP contribution in [0.2, 0.25) is 0 Å². The Bertz CT molecular complexity index is 1320. The summed E-state index contributed by atoms with van der Waals surface area (Å²) in [7, 11) is 2.10. The van der Waals surface area contributed by atoms with Gasteiger partial charge in [0, 0.05) is 43.1 Å². The van der Waals surface area contributed by atoms with Crippen molar-refractivity contribution in [3.63, 3.8) is 0 Å². The van der Waals surface area contributed by atoms with E-state index in [0.29, 0.717) is 0 Å². The van der Waals surface area contributed by atoms with E-state index in [0.717, 1.165) is 66.4 Å². The maximum Gasteiger partial charge on any atom is 0.254 e. The highest BCUT2D eigenvalue weighted by atomic mass is 16.2. The third kappa shape index (κ3) is 2.98. The number of carbonyl (C=O) groups is 1. The Kier molecular flexibility index (Phi) is 4.20. The molecule has 158 valence electrons. The van der Waals surface area contributed by atoms with Crippen LogP contribution in [0.3, 0.4) is 0 Å². The van der Waals surface area contributed by atoms with Crippen molar-refractivity contribution in [2.45, 2.75) is 39.2 Å². The fourth-order valence-electron chi connectivity index (χ4n) is 5.08. The summed E-state index contributed by atoms with van der Waals surface area (Å²) < 4.78 is 4.65. The van der Waals surface area contributed by atoms with Gasteiger partial charge in [-0.05, 0) is 61.4 Å². The summed E-state index contributed by atoms with van der Waals surface area (Å²) in [6, 6.07) is 15.1. The summed E-state index contributed by atoms with van der Waals surface area (Å²) in [6.45, 7) is 4.81. The number of nitrogens with zero attached hydrogens (tertiary/aromatic N) is 4. The topological polar surface area (TPSA) is 43.1 Å². The van der Waals surface area contributed by atoms with Crippen LogP contribution >= 0.6 is 0 Å². The molecule has 0 saturated heterocycles. The van der Waals surface area contributed by atoms with Gasteiger partial charge in [-0.3, -0.25) is 4.79 Å². The number of benzene rings is 2. The van der Waals surface area contributed by atoms with Crippen molar-refractivity contribution in [1.82, 2.24) is 19.0 Å². The summed E-state index contributed by atoms with van der Waals surface area (Å²) in [4.78, 5) is 20.0. The molecule has 0 atom stereocenters. The van der Waals surface area contributed by atoms with Crippen LogP contribution in [0.15, 0.2) is 42.5 Å². The van der Waals surface area contributed by atoms with Crippen LogP contribution in [0.1, 0.15) is 42.1 Å². The molecule has 2 aliphatic rings. The summed E-state index contributed by atoms with van der Waals surface area (Å²) in [5, 5.41) is 1.26. The van der Waals surface area contributed by atoms with E-state index in [9.17, 15) is 4.79 Å². The van der Waals surface area contributed by atoms with E-state index in [1.807, 2.05) is 11.0 Å². The van der Waals surface area contributed by atoms with Crippen LogP contribution < -0.4 is 0 Å². The highest BCUT2D eigenvalue weighted by molar-refractivity contribution is 6.00. The second-order valence-electron chi connectivity index (χ2n) is 9.18. The quantitative estimate of drug-likeness (QED) is 0.462. The monoisotopic (exact) mass is 412 g/mol. The molecule has 2 aromatic carbocycles. The Morgan fingerprint density at radius 1 is 1.10 bits per heavy atom. The molecule has 6 rings (SSSR count). The smallest absolute Gasteiger partial charge is 0.254 e. The lowest BCUT2D eigenvalue weighted by Crippen LogP contribution is -2.38. The second kappa shape index (κ2) is 6.98. The van der Waals surface area contributed by atoms with Crippen LogP contribution in [-0.2, 0) is 20.0 Å². The SMILES string of the molecule is CCCN1CCc2cc3c(cc2C1=O)nc(-c1cc2ccccc2n1CC1CC1)n3C. The van der Waals surface area contributed by atoms with Gasteiger partial charge in [-0.25, -0.2) is 4.98 Å². The molecule has 1 saturated carbocycles. The number of aromatic nitrogens is 3. The molecule has 0 bridgehead atoms. The van der Waals surface area contributed by atoms with Gasteiger partial charge in [0.1, 0.15) is 0 Å². The van der Waals surface area contributed by atoms with Crippen molar-refractivity contribution in [3.8, 4) is 11.5 Å². The van der Waals surface area contributed by atoms with Crippen LogP contribution in [0.5, 0.6) is 0 Å². The first-order chi connectivity index (χ1) is 15.1. The highest BCUT2D eigenvalue weighted by Gasteiger charge is 2.27. The van der Waals surface area contributed by atoms with Gasteiger partial charge in [-0.1, -0.05) is 25.1 Å². The zero-order chi connectivity index (χ0) is 21.1. The van der Waals surface area contributed by atoms with Gasteiger partial charge in [-0.2, -0.15) is 0 Å². The molecule has 1 amide bonds. The predicted molar refractivity (Wildman–Crippen MR) is 124 cm³/mol. The summed E-state index contributed by atoms with van der Waals surface area (Å²) in [5.74, 6) is 1.91. The Balaban J connectivity index is 1.50. The van der Waals surface area contributed by atoms with Gasteiger partial charge < -0.3 is 14.0 Å². The van der Waals surface area contributed by atoms with E-state index in [4.69, 9.17) is 4.98 Å². The first kappa shape index (κ1) is 18.7. The van der Waals surface area contributed by atoms with Crippen LogP contribution in [0.4, 0.5) is 0 Å². The lowest BCUT2D eigenvalue weighted by molar-refractivity contribution is 0.0740. The minimum Gasteiger partial charge on any atom is -0.338 e. The molecule has 5 nitrogen and oxygen atoms in total. The Labute approximate surface area is 182 Å². The van der Waals surface area contributed by atoms with Gasteiger partial charge >= 0.3 is 0 Å². The van der Waals surface area contributed by atoms with Crippen molar-refractivity contribution >= 4 is 27.8 Å². The summed E-state index contributed by atoms with van der Waals surface area (Å²) in [6.07, 6.45) is 4.54. The number of amides is 1. The molecule has 0 radical (unpaired) electrons. The van der Waals surface area contributed by atoms with E-state index >= 15 is 0 Å². The number of hydrogen-bond donors (Lipinski definition) is 0. The highest BCUT2D eigenvalue weighted by Crippen LogP contribution is 2.36. The second-order valence-corrected chi connectivity index (χ2v) is 9.18. The number of hydrogen-bond acceptors (Lipinski definition) is 2. The number of rotatable bonds is 5. The first-order valence-electron chi connectivity index (χ1n) is 11.5. The lowest BCUT2D eigenvalue weighted by atomic mass is 9.98. The van der Waals surface area contributed by atoms with E-state index in [1.54, 1.807) is 0 Å². The average Bonchev–Trinajstić information content (AvgIpc) is 3.45. The summed E-state index contributed by atoms with van der Waals surface area (Å²) in [5.41, 5.74) is 6.44. The molecule has 0 spiro atoms. The molecular weight excluding hydrogens is 384 g/mol. The third-order valence-corrected chi connectivity index (χ3v) is 6.95. The van der Waals surface area contributed by atoms with Crippen molar-refractivity contribution in [2.24, 2.45) is 13.0 Å². The van der Waals surface area contributed by atoms with E-state index in [-0.39, 0.29) is 5.91 Å². The van der Waals surface area contributed by atoms with Crippen LogP contribution in [0, 0.1) is 5.92 Å². The minimum atomic E-state index is 0.153. The number of imidazole rings is 1. The Morgan fingerprint density at radius 3 is 2.74 bits per heavy atom. The number of aryl methyl sites for hydroxylation is 1. The van der Waals surface area contributed by atoms with Crippen molar-refractivity contribution in [2.75, 3.05) is 13.1 Å². The molecule has 1 aliphatic heterocycles. The van der Waals surface area contributed by atoms with Crippen LogP contribution in [0.25, 0.3) is 33.5 Å². The molecular formula is C26H28N4O. The van der Waals surface area contributed by atoms with E-state index in [1.165, 1.54) is 29.4 Å². The predicted octanol–water partition coefficient (Wildman–Crippen LogP) is 5.01. The molecule has 0 N–H and O–H groups in total. The number of carbonyl (C=O) groups excluding carboxylic acids is 1. The van der Waals surface area contributed by atoms with Gasteiger partial charge in [0.2, 0.25) is 0 Å². The van der Waals surface area contributed by atoms with Crippen molar-refractivity contribution in [1.29, 1.82) is 0 Å². The zero-order valence-corrected chi connectivity index (χ0v) is 18.3. The molecule has 4 aromatic rings. The number of fused-ring (bicyclic) bond motifs is 3. The van der Waals surface area contributed by atoms with Crippen molar-refractivity contribution < 1.29 is 4.79 Å². The molecule has 1 fully saturated rings. The largest absolute Gasteiger partial charge is 0.338 e. The minimum absolute atomic E-state index is 0.153. The van der Waals surface area contributed by atoms with Crippen molar-refractivity contribution in [3.05, 3.63) is 53.6 Å². The molecule has 2 aromatic heterocycles. The Morgan fingerprint density at radius 2 is 1.94 bits per heavy atom. The molecule has 5 heteroatoms. The normalized spacial score (nSPS) is 16.5. The fourth-order valence-corrected chi connectivity index (χ4v) is 5.08. The molecule has 3 heterocycles. The standard InChI is InChI=1S/C26H28N4O/c1-3-11-29-12-10-18-13-23-21(15-20(18)26(29)31)27-25(28(23)2)24-14-19-6-4-5-7-22(19)30(24)16-17-8-9-17/h4-7,13-15,17H,3,8-12,16H2,1-2H3. The van der Waals surface area contributed by atoms with Gasteiger partial charge in [-0.15, -0.1) is 0 Å². The van der Waals surface area contributed by atoms with Gasteiger partial charge in [0.05, 0.1) is 16.7 Å². The van der Waals surface area contributed by atoms with Crippen LogP contribution in [-0.4, -0.2) is 38.0 Å². The molecule has 31 heavy (non-hydrogen) atoms. The maximum absolute atomic E-state index is 13.0. The molecule has 1 aliphatic carbocycles. The average molecular weight is 413 g/mol. The zero-order valence-electron chi connectivity index (χ0n) is 18.3. The summed E-state index contributed by atoms with van der Waals surface area (Å²) >= 11 is 0. The first-order valence-corrected chi connectivity index (χ1v) is 11.5. The third-order valence-electron chi connectivity index (χ3n) is 6.95. The molecule has 0 unspecified atom stereocenters. The number of para-hydroxylation sites is 1. The lowest BCUT2D eigenvalue weighted by Gasteiger charge is -2.28. The Hall–Kier alpha value is -3.08. The van der Waals surface area contributed by atoms with Gasteiger partial charge in [0.15, 0.2) is 5.82 Å². The maximum atomic E-state index is 13.0. The van der Waals surface area contributed by atoms with E-state index in [2.05, 4.69) is 59.5 Å². The van der Waals surface area contributed by atoms with E-state index < -0.39 is 0 Å². The fraction of sp³-hybridized carbons (Fsp3) is 0.385.